The Hall–Kier alpha value is -0.630. The van der Waals surface area contributed by atoms with Crippen LogP contribution in [0.15, 0.2) is 16.7 Å². The van der Waals surface area contributed by atoms with Gasteiger partial charge >= 0.3 is 6.18 Å². The summed E-state index contributed by atoms with van der Waals surface area (Å²) in [6, 6.07) is 0.964. The van der Waals surface area contributed by atoms with Crippen molar-refractivity contribution < 1.29 is 17.4 Å². The van der Waals surface area contributed by atoms with Crippen LogP contribution in [0.1, 0.15) is 12.5 Å². The van der Waals surface area contributed by atoms with Gasteiger partial charge in [-0.15, -0.1) is 0 Å². The molecule has 102 valence electrons. The van der Waals surface area contributed by atoms with Gasteiger partial charge in [0.2, 0.25) is 0 Å². The SMILES string of the molecule is CCS(=O)CCNc1ncc(Br)cc1C(F)(F)F. The highest BCUT2D eigenvalue weighted by Gasteiger charge is 2.34. The number of alkyl halides is 3. The predicted molar refractivity (Wildman–Crippen MR) is 69.0 cm³/mol. The molecule has 1 aromatic heterocycles. The van der Waals surface area contributed by atoms with Crippen LogP contribution in [-0.4, -0.2) is 27.2 Å². The van der Waals surface area contributed by atoms with Crippen molar-refractivity contribution in [2.24, 2.45) is 0 Å². The highest BCUT2D eigenvalue weighted by Crippen LogP contribution is 2.35. The molecule has 0 saturated heterocycles. The lowest BCUT2D eigenvalue weighted by Gasteiger charge is -2.13. The zero-order chi connectivity index (χ0) is 13.8. The van der Waals surface area contributed by atoms with Gasteiger partial charge in [0.15, 0.2) is 0 Å². The van der Waals surface area contributed by atoms with Crippen molar-refractivity contribution >= 4 is 32.5 Å². The Morgan fingerprint density at radius 2 is 2.17 bits per heavy atom. The van der Waals surface area contributed by atoms with Crippen molar-refractivity contribution in [3.8, 4) is 0 Å². The summed E-state index contributed by atoms with van der Waals surface area (Å²) in [5, 5.41) is 2.57. The van der Waals surface area contributed by atoms with E-state index in [9.17, 15) is 17.4 Å². The van der Waals surface area contributed by atoms with Gasteiger partial charge in [-0.25, -0.2) is 4.98 Å². The Morgan fingerprint density at radius 1 is 1.50 bits per heavy atom. The van der Waals surface area contributed by atoms with Crippen LogP contribution in [0.3, 0.4) is 0 Å². The first-order chi connectivity index (χ1) is 8.34. The molecule has 0 aliphatic heterocycles. The summed E-state index contributed by atoms with van der Waals surface area (Å²) in [7, 11) is -1.01. The van der Waals surface area contributed by atoms with Crippen molar-refractivity contribution in [3.63, 3.8) is 0 Å². The molecule has 1 rings (SSSR count). The van der Waals surface area contributed by atoms with Gasteiger partial charge in [0.25, 0.3) is 0 Å². The largest absolute Gasteiger partial charge is 0.419 e. The Bertz CT molecular complexity index is 440. The smallest absolute Gasteiger partial charge is 0.369 e. The van der Waals surface area contributed by atoms with Crippen molar-refractivity contribution in [1.29, 1.82) is 0 Å². The average Bonchev–Trinajstić information content (AvgIpc) is 2.29. The summed E-state index contributed by atoms with van der Waals surface area (Å²) in [4.78, 5) is 3.69. The molecular formula is C10H12BrF3N2OS. The van der Waals surface area contributed by atoms with Crippen LogP contribution in [0, 0.1) is 0 Å². The first kappa shape index (κ1) is 15.4. The van der Waals surface area contributed by atoms with Crippen LogP contribution in [0.2, 0.25) is 0 Å². The molecule has 3 nitrogen and oxygen atoms in total. The molecule has 0 bridgehead atoms. The van der Waals surface area contributed by atoms with Gasteiger partial charge in [0, 0.05) is 39.5 Å². The Kier molecular flexibility index (Phi) is 5.58. The average molecular weight is 345 g/mol. The highest BCUT2D eigenvalue weighted by atomic mass is 79.9. The van der Waals surface area contributed by atoms with Crippen LogP contribution in [0.5, 0.6) is 0 Å². The molecule has 8 heteroatoms. The molecule has 0 aliphatic carbocycles. The number of nitrogens with zero attached hydrogens (tertiary/aromatic N) is 1. The van der Waals surface area contributed by atoms with E-state index in [-0.39, 0.29) is 16.8 Å². The fourth-order valence-corrected chi connectivity index (χ4v) is 2.17. The second kappa shape index (κ2) is 6.51. The van der Waals surface area contributed by atoms with Gasteiger partial charge in [0.1, 0.15) is 5.82 Å². The van der Waals surface area contributed by atoms with Gasteiger partial charge in [-0.2, -0.15) is 13.2 Å². The third-order valence-corrected chi connectivity index (χ3v) is 3.84. The molecule has 1 unspecified atom stereocenters. The number of halogens is 4. The lowest BCUT2D eigenvalue weighted by molar-refractivity contribution is -0.137. The third kappa shape index (κ3) is 4.56. The molecule has 1 N–H and O–H groups in total. The summed E-state index contributed by atoms with van der Waals surface area (Å²) < 4.78 is 49.6. The fourth-order valence-electron chi connectivity index (χ4n) is 1.22. The topological polar surface area (TPSA) is 42.0 Å². The highest BCUT2D eigenvalue weighted by molar-refractivity contribution is 9.10. The van der Waals surface area contributed by atoms with E-state index in [1.165, 1.54) is 6.20 Å². The Labute approximate surface area is 114 Å². The lowest BCUT2D eigenvalue weighted by atomic mass is 10.2. The van der Waals surface area contributed by atoms with Gasteiger partial charge in [-0.1, -0.05) is 6.92 Å². The fraction of sp³-hybridized carbons (Fsp3) is 0.500. The second-order valence-electron chi connectivity index (χ2n) is 3.41. The number of rotatable bonds is 5. The molecule has 1 atom stereocenters. The van der Waals surface area contributed by atoms with Gasteiger partial charge < -0.3 is 5.32 Å². The number of pyridine rings is 1. The normalized spacial score (nSPS) is 13.4. The number of hydrogen-bond donors (Lipinski definition) is 1. The molecule has 18 heavy (non-hydrogen) atoms. The minimum absolute atomic E-state index is 0.193. The zero-order valence-corrected chi connectivity index (χ0v) is 12.0. The third-order valence-electron chi connectivity index (χ3n) is 2.10. The number of nitrogens with one attached hydrogen (secondary N) is 1. The van der Waals surface area contributed by atoms with E-state index in [2.05, 4.69) is 26.2 Å². The summed E-state index contributed by atoms with van der Waals surface area (Å²) >= 11 is 2.95. The van der Waals surface area contributed by atoms with Crippen LogP contribution in [0.25, 0.3) is 0 Å². The van der Waals surface area contributed by atoms with E-state index in [0.717, 1.165) is 6.07 Å². The van der Waals surface area contributed by atoms with E-state index >= 15 is 0 Å². The molecule has 0 aromatic carbocycles. The standard InChI is InChI=1S/C10H12BrF3N2OS/c1-2-18(17)4-3-15-9-8(10(12,13)14)5-7(11)6-16-9/h5-6H,2-4H2,1H3,(H,15,16). The molecular weight excluding hydrogens is 333 g/mol. The predicted octanol–water partition coefficient (Wildman–Crippen LogP) is 3.04. The molecule has 0 fully saturated rings. The van der Waals surface area contributed by atoms with E-state index in [4.69, 9.17) is 0 Å². The minimum Gasteiger partial charge on any atom is -0.369 e. The van der Waals surface area contributed by atoms with Crippen LogP contribution in [0.4, 0.5) is 19.0 Å². The molecule has 0 radical (unpaired) electrons. The molecule has 0 spiro atoms. The van der Waals surface area contributed by atoms with Gasteiger partial charge in [-0.05, 0) is 22.0 Å². The monoisotopic (exact) mass is 344 g/mol. The zero-order valence-electron chi connectivity index (χ0n) is 9.55. The maximum Gasteiger partial charge on any atom is 0.419 e. The lowest BCUT2D eigenvalue weighted by Crippen LogP contribution is -2.17. The molecule has 0 amide bonds. The maximum atomic E-state index is 12.7. The van der Waals surface area contributed by atoms with Crippen molar-refractivity contribution in [2.45, 2.75) is 13.1 Å². The van der Waals surface area contributed by atoms with E-state index < -0.39 is 22.5 Å². The van der Waals surface area contributed by atoms with Gasteiger partial charge in [0.05, 0.1) is 5.56 Å². The Balaban J connectivity index is 2.79. The summed E-state index contributed by atoms with van der Waals surface area (Å²) in [6.07, 6.45) is -3.18. The van der Waals surface area contributed by atoms with Crippen LogP contribution >= 0.6 is 15.9 Å². The quantitative estimate of drug-likeness (QED) is 0.892. The molecule has 0 aliphatic rings. The van der Waals surface area contributed by atoms with Crippen molar-refractivity contribution in [1.82, 2.24) is 4.98 Å². The number of hydrogen-bond acceptors (Lipinski definition) is 3. The van der Waals surface area contributed by atoms with E-state index in [0.29, 0.717) is 11.5 Å². The summed E-state index contributed by atoms with van der Waals surface area (Å²) in [5.41, 5.74) is -0.834. The maximum absolute atomic E-state index is 12.7. The minimum atomic E-state index is -4.47. The van der Waals surface area contributed by atoms with Crippen molar-refractivity contribution in [3.05, 3.63) is 22.3 Å². The Morgan fingerprint density at radius 3 is 2.72 bits per heavy atom. The van der Waals surface area contributed by atoms with E-state index in [1.54, 1.807) is 6.92 Å². The summed E-state index contributed by atoms with van der Waals surface area (Å²) in [6.45, 7) is 1.95. The van der Waals surface area contributed by atoms with Crippen LogP contribution in [-0.2, 0) is 17.0 Å². The molecule has 0 saturated carbocycles. The second-order valence-corrected chi connectivity index (χ2v) is 6.19. The number of anilines is 1. The van der Waals surface area contributed by atoms with Crippen molar-refractivity contribution in [2.75, 3.05) is 23.4 Å². The summed E-state index contributed by atoms with van der Waals surface area (Å²) in [5.74, 6) is 0.548. The molecule has 1 aromatic rings. The first-order valence-corrected chi connectivity index (χ1v) is 7.44. The van der Waals surface area contributed by atoms with E-state index in [1.807, 2.05) is 0 Å². The van der Waals surface area contributed by atoms with Gasteiger partial charge in [-0.3, -0.25) is 4.21 Å². The number of aromatic nitrogens is 1. The molecule has 1 heterocycles. The first-order valence-electron chi connectivity index (χ1n) is 5.16. The van der Waals surface area contributed by atoms with Crippen LogP contribution < -0.4 is 5.32 Å².